The molecule has 21 heavy (non-hydrogen) atoms. The fraction of sp³-hybridized carbons (Fsp3) is 0.438. The molecular formula is C16H20N2O2S. The van der Waals surface area contributed by atoms with Crippen LogP contribution in [0.3, 0.4) is 0 Å². The van der Waals surface area contributed by atoms with Crippen molar-refractivity contribution in [2.24, 2.45) is 0 Å². The average Bonchev–Trinajstić information content (AvgIpc) is 2.46. The molecule has 1 aliphatic heterocycles. The molecule has 0 amide bonds. The third-order valence-corrected chi connectivity index (χ3v) is 5.69. The second kappa shape index (κ2) is 5.30. The summed E-state index contributed by atoms with van der Waals surface area (Å²) in [4.78, 5) is 6.60. The summed E-state index contributed by atoms with van der Waals surface area (Å²) in [5, 5.41) is 2.26. The van der Waals surface area contributed by atoms with E-state index in [-0.39, 0.29) is 11.5 Å². The van der Waals surface area contributed by atoms with Gasteiger partial charge in [-0.1, -0.05) is 26.0 Å². The number of benzene rings is 1. The Bertz CT molecular complexity index is 755. The zero-order valence-electron chi connectivity index (χ0n) is 12.4. The minimum Gasteiger partial charge on any atom is -0.354 e. The van der Waals surface area contributed by atoms with Crippen LogP contribution in [0.1, 0.15) is 25.3 Å². The Hall–Kier alpha value is -1.62. The minimum absolute atomic E-state index is 0.217. The Kier molecular flexibility index (Phi) is 3.61. The van der Waals surface area contributed by atoms with Crippen molar-refractivity contribution in [1.82, 2.24) is 4.98 Å². The molecule has 4 nitrogen and oxygen atoms in total. The van der Waals surface area contributed by atoms with Crippen molar-refractivity contribution in [3.05, 3.63) is 36.0 Å². The number of pyridine rings is 1. The summed E-state index contributed by atoms with van der Waals surface area (Å²) < 4.78 is 23.2. The number of nitrogens with zero attached hydrogens (tertiary/aromatic N) is 2. The van der Waals surface area contributed by atoms with Crippen molar-refractivity contribution in [3.8, 4) is 0 Å². The quantitative estimate of drug-likeness (QED) is 0.856. The third kappa shape index (κ3) is 2.88. The lowest BCUT2D eigenvalue weighted by Crippen LogP contribution is -2.40. The first-order valence-electron chi connectivity index (χ1n) is 7.30. The number of hydrogen-bond donors (Lipinski definition) is 0. The van der Waals surface area contributed by atoms with Gasteiger partial charge in [0.05, 0.1) is 11.5 Å². The Morgan fingerprint density at radius 3 is 2.52 bits per heavy atom. The molecule has 2 aromatic rings. The van der Waals surface area contributed by atoms with Gasteiger partial charge in [0.25, 0.3) is 0 Å². The first kappa shape index (κ1) is 14.3. The summed E-state index contributed by atoms with van der Waals surface area (Å²) in [7, 11) is -2.87. The molecule has 0 atom stereocenters. The molecule has 0 radical (unpaired) electrons. The van der Waals surface area contributed by atoms with Crippen LogP contribution in [0.5, 0.6) is 0 Å². The molecule has 2 heterocycles. The molecule has 1 aromatic carbocycles. The highest BCUT2D eigenvalue weighted by molar-refractivity contribution is 7.91. The maximum atomic E-state index is 11.6. The summed E-state index contributed by atoms with van der Waals surface area (Å²) >= 11 is 0. The van der Waals surface area contributed by atoms with Gasteiger partial charge in [-0.15, -0.1) is 0 Å². The molecule has 1 aliphatic rings. The number of fused-ring (bicyclic) bond motifs is 1. The molecular weight excluding hydrogens is 284 g/mol. The van der Waals surface area contributed by atoms with Gasteiger partial charge in [-0.3, -0.25) is 0 Å². The van der Waals surface area contributed by atoms with Crippen LogP contribution in [0, 0.1) is 0 Å². The lowest BCUT2D eigenvalue weighted by atomic mass is 10.00. The first-order chi connectivity index (χ1) is 9.96. The Morgan fingerprint density at radius 1 is 1.14 bits per heavy atom. The van der Waals surface area contributed by atoms with E-state index >= 15 is 0 Å². The Balaban J connectivity index is 2.04. The summed E-state index contributed by atoms with van der Waals surface area (Å²) in [6.45, 7) is 5.40. The predicted octanol–water partition coefficient (Wildman–Crippen LogP) is 2.59. The lowest BCUT2D eigenvalue weighted by Gasteiger charge is -2.28. The van der Waals surface area contributed by atoms with Gasteiger partial charge in [0.15, 0.2) is 9.84 Å². The zero-order chi connectivity index (χ0) is 15.0. The van der Waals surface area contributed by atoms with Gasteiger partial charge < -0.3 is 4.90 Å². The van der Waals surface area contributed by atoms with Gasteiger partial charge in [0.1, 0.15) is 5.82 Å². The smallest absolute Gasteiger partial charge is 0.153 e. The highest BCUT2D eigenvalue weighted by atomic mass is 32.2. The number of rotatable bonds is 2. The van der Waals surface area contributed by atoms with E-state index in [1.165, 1.54) is 5.56 Å². The fourth-order valence-electron chi connectivity index (χ4n) is 2.71. The van der Waals surface area contributed by atoms with Crippen molar-refractivity contribution in [1.29, 1.82) is 0 Å². The first-order valence-corrected chi connectivity index (χ1v) is 9.12. The topological polar surface area (TPSA) is 50.3 Å². The fourth-order valence-corrected chi connectivity index (χ4v) is 3.91. The minimum atomic E-state index is -2.87. The van der Waals surface area contributed by atoms with Gasteiger partial charge in [-0.05, 0) is 29.0 Å². The number of anilines is 1. The molecule has 3 rings (SSSR count). The van der Waals surface area contributed by atoms with Crippen LogP contribution in [0.2, 0.25) is 0 Å². The van der Waals surface area contributed by atoms with Crippen LogP contribution in [0.15, 0.2) is 30.5 Å². The molecule has 0 aliphatic carbocycles. The maximum Gasteiger partial charge on any atom is 0.153 e. The second-order valence-electron chi connectivity index (χ2n) is 5.91. The summed E-state index contributed by atoms with van der Waals surface area (Å²) in [6, 6.07) is 8.46. The number of sulfone groups is 1. The van der Waals surface area contributed by atoms with E-state index in [1.807, 2.05) is 6.07 Å². The highest BCUT2D eigenvalue weighted by Gasteiger charge is 2.23. The van der Waals surface area contributed by atoms with Crippen LogP contribution in [0.25, 0.3) is 10.8 Å². The number of aromatic nitrogens is 1. The lowest BCUT2D eigenvalue weighted by molar-refractivity contribution is 0.586. The van der Waals surface area contributed by atoms with Gasteiger partial charge in [0.2, 0.25) is 0 Å². The Morgan fingerprint density at radius 2 is 1.86 bits per heavy atom. The Labute approximate surface area is 125 Å². The van der Waals surface area contributed by atoms with Crippen molar-refractivity contribution >= 4 is 26.4 Å². The summed E-state index contributed by atoms with van der Waals surface area (Å²) in [5.41, 5.74) is 1.28. The van der Waals surface area contributed by atoms with Crippen molar-refractivity contribution < 1.29 is 8.42 Å². The maximum absolute atomic E-state index is 11.6. The molecule has 0 unspecified atom stereocenters. The van der Waals surface area contributed by atoms with E-state index in [0.717, 1.165) is 16.6 Å². The van der Waals surface area contributed by atoms with E-state index in [9.17, 15) is 8.42 Å². The van der Waals surface area contributed by atoms with Crippen molar-refractivity contribution in [3.63, 3.8) is 0 Å². The molecule has 0 bridgehead atoms. The van der Waals surface area contributed by atoms with Crippen LogP contribution in [0.4, 0.5) is 5.82 Å². The van der Waals surface area contributed by atoms with Crippen LogP contribution >= 0.6 is 0 Å². The van der Waals surface area contributed by atoms with Crippen molar-refractivity contribution in [2.75, 3.05) is 29.5 Å². The third-order valence-electron chi connectivity index (χ3n) is 4.08. The predicted molar refractivity (Wildman–Crippen MR) is 86.7 cm³/mol. The van der Waals surface area contributed by atoms with E-state index in [2.05, 4.69) is 41.9 Å². The molecule has 5 heteroatoms. The molecule has 0 spiro atoms. The largest absolute Gasteiger partial charge is 0.354 e. The SMILES string of the molecule is CC(C)c1ccc2ccnc(N3CCS(=O)(=O)CC3)c2c1. The standard InChI is InChI=1S/C16H20N2O2S/c1-12(2)14-4-3-13-5-6-17-16(15(13)11-14)18-7-9-21(19,20)10-8-18/h3-6,11-12H,7-10H2,1-2H3. The molecule has 1 fully saturated rings. The molecule has 1 saturated heterocycles. The molecule has 1 aromatic heterocycles. The molecule has 112 valence electrons. The highest BCUT2D eigenvalue weighted by Crippen LogP contribution is 2.28. The van der Waals surface area contributed by atoms with Gasteiger partial charge >= 0.3 is 0 Å². The van der Waals surface area contributed by atoms with E-state index < -0.39 is 9.84 Å². The van der Waals surface area contributed by atoms with Gasteiger partial charge in [-0.25, -0.2) is 13.4 Å². The van der Waals surface area contributed by atoms with E-state index in [0.29, 0.717) is 19.0 Å². The van der Waals surface area contributed by atoms with E-state index in [4.69, 9.17) is 0 Å². The van der Waals surface area contributed by atoms with Crippen LogP contribution < -0.4 is 4.90 Å². The molecule has 0 saturated carbocycles. The van der Waals surface area contributed by atoms with E-state index in [1.54, 1.807) is 6.20 Å². The normalized spacial score (nSPS) is 18.3. The summed E-state index contributed by atoms with van der Waals surface area (Å²) in [6.07, 6.45) is 1.80. The average molecular weight is 304 g/mol. The van der Waals surface area contributed by atoms with Crippen molar-refractivity contribution in [2.45, 2.75) is 19.8 Å². The zero-order valence-corrected chi connectivity index (χ0v) is 13.2. The van der Waals surface area contributed by atoms with Gasteiger partial charge in [-0.2, -0.15) is 0 Å². The second-order valence-corrected chi connectivity index (χ2v) is 8.21. The van der Waals surface area contributed by atoms with Crippen LogP contribution in [-0.4, -0.2) is 38.0 Å². The summed E-state index contributed by atoms with van der Waals surface area (Å²) in [5.74, 6) is 1.80. The number of hydrogen-bond acceptors (Lipinski definition) is 4. The van der Waals surface area contributed by atoms with Crippen LogP contribution in [-0.2, 0) is 9.84 Å². The molecule has 0 N–H and O–H groups in total. The monoisotopic (exact) mass is 304 g/mol. The van der Waals surface area contributed by atoms with Gasteiger partial charge in [0, 0.05) is 24.7 Å².